The molecule has 4 rings (SSSR count). The molecular formula is C23H21N5O3. The number of aromatic nitrogens is 4. The van der Waals surface area contributed by atoms with E-state index in [1.165, 1.54) is 0 Å². The van der Waals surface area contributed by atoms with E-state index in [9.17, 15) is 9.59 Å². The van der Waals surface area contributed by atoms with Crippen molar-refractivity contribution in [3.8, 4) is 11.4 Å². The van der Waals surface area contributed by atoms with Crippen LogP contribution in [0.15, 0.2) is 73.2 Å². The van der Waals surface area contributed by atoms with Gasteiger partial charge in [0.1, 0.15) is 0 Å². The zero-order valence-corrected chi connectivity index (χ0v) is 17.1. The summed E-state index contributed by atoms with van der Waals surface area (Å²) >= 11 is 0. The van der Waals surface area contributed by atoms with Crippen molar-refractivity contribution in [3.05, 3.63) is 90.0 Å². The second-order valence-electron chi connectivity index (χ2n) is 6.88. The lowest BCUT2D eigenvalue weighted by Gasteiger charge is -2.08. The van der Waals surface area contributed by atoms with Crippen molar-refractivity contribution in [3.63, 3.8) is 0 Å². The number of ether oxygens (including phenoxy) is 1. The zero-order valence-electron chi connectivity index (χ0n) is 17.1. The summed E-state index contributed by atoms with van der Waals surface area (Å²) in [6, 6.07) is 16.0. The third-order valence-corrected chi connectivity index (χ3v) is 4.57. The highest BCUT2D eigenvalue weighted by Gasteiger charge is 2.11. The van der Waals surface area contributed by atoms with Crippen molar-refractivity contribution in [2.75, 3.05) is 11.9 Å². The summed E-state index contributed by atoms with van der Waals surface area (Å²) in [5.41, 5.74) is 4.15. The fraction of sp³-hybridized carbons (Fsp3) is 0.130. The predicted molar refractivity (Wildman–Crippen MR) is 116 cm³/mol. The van der Waals surface area contributed by atoms with Crippen molar-refractivity contribution in [1.29, 1.82) is 0 Å². The summed E-state index contributed by atoms with van der Waals surface area (Å²) in [6.07, 6.45) is 5.39. The molecule has 2 aromatic carbocycles. The number of benzene rings is 2. The van der Waals surface area contributed by atoms with Crippen molar-refractivity contribution in [2.24, 2.45) is 0 Å². The smallest absolute Gasteiger partial charge is 0.358 e. The first-order chi connectivity index (χ1) is 15.0. The highest BCUT2D eigenvalue weighted by Crippen LogP contribution is 2.16. The first-order valence-electron chi connectivity index (χ1n) is 9.80. The number of esters is 1. The normalized spacial score (nSPS) is 10.6. The summed E-state index contributed by atoms with van der Waals surface area (Å²) < 4.78 is 8.29. The van der Waals surface area contributed by atoms with Gasteiger partial charge in [-0.3, -0.25) is 4.79 Å². The maximum atomic E-state index is 12.6. The molecule has 156 valence electrons. The molecule has 4 aromatic rings. The molecule has 1 N–H and O–H groups in total. The molecule has 0 saturated carbocycles. The van der Waals surface area contributed by atoms with E-state index in [0.29, 0.717) is 17.9 Å². The molecule has 0 radical (unpaired) electrons. The van der Waals surface area contributed by atoms with E-state index in [-0.39, 0.29) is 11.6 Å². The Bertz CT molecular complexity index is 1210. The van der Waals surface area contributed by atoms with E-state index in [1.807, 2.05) is 25.3 Å². The number of nitrogens with zero attached hydrogens (tertiary/aromatic N) is 4. The third-order valence-electron chi connectivity index (χ3n) is 4.57. The molecule has 0 aliphatic rings. The van der Waals surface area contributed by atoms with Crippen LogP contribution in [0.4, 0.5) is 5.69 Å². The van der Waals surface area contributed by atoms with E-state index in [4.69, 9.17) is 4.74 Å². The van der Waals surface area contributed by atoms with E-state index < -0.39 is 5.97 Å². The van der Waals surface area contributed by atoms with Gasteiger partial charge in [-0.2, -0.15) is 10.2 Å². The molecule has 8 nitrogen and oxygen atoms in total. The minimum atomic E-state index is -0.459. The number of carbonyl (C=O) groups excluding carboxylic acids is 2. The number of anilines is 1. The van der Waals surface area contributed by atoms with Crippen LogP contribution in [0, 0.1) is 6.92 Å². The lowest BCUT2D eigenvalue weighted by Crippen LogP contribution is -2.12. The molecule has 0 saturated heterocycles. The number of rotatable bonds is 6. The Morgan fingerprint density at radius 3 is 2.29 bits per heavy atom. The Morgan fingerprint density at radius 2 is 1.65 bits per heavy atom. The van der Waals surface area contributed by atoms with Crippen LogP contribution in [0.1, 0.15) is 33.3 Å². The molecule has 0 fully saturated rings. The molecule has 0 unspecified atom stereocenters. The maximum Gasteiger partial charge on any atom is 0.358 e. The molecule has 0 aliphatic carbocycles. The average Bonchev–Trinajstić information content (AvgIpc) is 3.44. The summed E-state index contributed by atoms with van der Waals surface area (Å²) in [7, 11) is 0. The van der Waals surface area contributed by atoms with Gasteiger partial charge in [-0.05, 0) is 74.0 Å². The van der Waals surface area contributed by atoms with Gasteiger partial charge >= 0.3 is 5.97 Å². The Hall–Kier alpha value is -4.20. The lowest BCUT2D eigenvalue weighted by atomic mass is 10.2. The van der Waals surface area contributed by atoms with E-state index >= 15 is 0 Å². The van der Waals surface area contributed by atoms with Crippen LogP contribution in [-0.4, -0.2) is 38.0 Å². The second-order valence-corrected chi connectivity index (χ2v) is 6.88. The first kappa shape index (κ1) is 20.1. The summed E-state index contributed by atoms with van der Waals surface area (Å²) in [5, 5.41) is 11.4. The molecule has 2 heterocycles. The molecule has 31 heavy (non-hydrogen) atoms. The second kappa shape index (κ2) is 8.66. The van der Waals surface area contributed by atoms with Gasteiger partial charge in [0.25, 0.3) is 5.91 Å². The number of hydrogen-bond acceptors (Lipinski definition) is 5. The van der Waals surface area contributed by atoms with Gasteiger partial charge in [0.15, 0.2) is 5.69 Å². The van der Waals surface area contributed by atoms with E-state index in [2.05, 4.69) is 15.5 Å². The monoisotopic (exact) mass is 415 g/mol. The molecule has 0 spiro atoms. The van der Waals surface area contributed by atoms with Gasteiger partial charge in [0.2, 0.25) is 0 Å². The fourth-order valence-electron chi connectivity index (χ4n) is 3.00. The van der Waals surface area contributed by atoms with Crippen LogP contribution in [0.2, 0.25) is 0 Å². The van der Waals surface area contributed by atoms with Crippen molar-refractivity contribution in [1.82, 2.24) is 19.6 Å². The van der Waals surface area contributed by atoms with Gasteiger partial charge in [-0.15, -0.1) is 0 Å². The molecule has 8 heteroatoms. The number of amides is 1. The van der Waals surface area contributed by atoms with Gasteiger partial charge < -0.3 is 10.1 Å². The lowest BCUT2D eigenvalue weighted by molar-refractivity contribution is 0.0519. The Labute approximate surface area is 179 Å². The summed E-state index contributed by atoms with van der Waals surface area (Å²) in [6.45, 7) is 4.02. The quantitative estimate of drug-likeness (QED) is 0.484. The molecule has 0 bridgehead atoms. The first-order valence-corrected chi connectivity index (χ1v) is 9.80. The standard InChI is InChI=1S/C23H21N5O3/c1-3-31-23(30)21-12-13-27(26-21)19-10-6-18(7-11-19)25-22(29)17-4-8-20(9-5-17)28-15-16(2)14-24-28/h4-15H,3H2,1-2H3,(H,25,29). The zero-order chi connectivity index (χ0) is 21.8. The van der Waals surface area contributed by atoms with E-state index in [1.54, 1.807) is 71.1 Å². The van der Waals surface area contributed by atoms with Gasteiger partial charge in [-0.25, -0.2) is 14.2 Å². The van der Waals surface area contributed by atoms with Crippen LogP contribution in [0.5, 0.6) is 0 Å². The highest BCUT2D eigenvalue weighted by molar-refractivity contribution is 6.04. The minimum absolute atomic E-state index is 0.209. The van der Waals surface area contributed by atoms with Gasteiger partial charge in [-0.1, -0.05) is 0 Å². The fourth-order valence-corrected chi connectivity index (χ4v) is 3.00. The van der Waals surface area contributed by atoms with Gasteiger partial charge in [0.05, 0.1) is 24.2 Å². The molecule has 0 aliphatic heterocycles. The molecular weight excluding hydrogens is 394 g/mol. The number of carbonyl (C=O) groups is 2. The summed E-state index contributed by atoms with van der Waals surface area (Å²) in [4.78, 5) is 24.3. The van der Waals surface area contributed by atoms with Crippen LogP contribution in [0.25, 0.3) is 11.4 Å². The largest absolute Gasteiger partial charge is 0.461 e. The topological polar surface area (TPSA) is 91.0 Å². The maximum absolute atomic E-state index is 12.6. The van der Waals surface area contributed by atoms with Crippen molar-refractivity contribution < 1.29 is 14.3 Å². The van der Waals surface area contributed by atoms with Crippen LogP contribution < -0.4 is 5.32 Å². The molecule has 0 atom stereocenters. The SMILES string of the molecule is CCOC(=O)c1ccn(-c2ccc(NC(=O)c3ccc(-n4cc(C)cn4)cc3)cc2)n1. The Morgan fingerprint density at radius 1 is 0.968 bits per heavy atom. The highest BCUT2D eigenvalue weighted by atomic mass is 16.5. The Kier molecular flexibility index (Phi) is 5.61. The average molecular weight is 415 g/mol. The predicted octanol–water partition coefficient (Wildman–Crippen LogP) is 3.80. The number of hydrogen-bond donors (Lipinski definition) is 1. The van der Waals surface area contributed by atoms with Crippen molar-refractivity contribution in [2.45, 2.75) is 13.8 Å². The molecule has 2 aromatic heterocycles. The van der Waals surface area contributed by atoms with E-state index in [0.717, 1.165) is 16.9 Å². The van der Waals surface area contributed by atoms with Crippen LogP contribution in [-0.2, 0) is 4.74 Å². The number of aryl methyl sites for hydroxylation is 1. The van der Waals surface area contributed by atoms with Crippen LogP contribution in [0.3, 0.4) is 0 Å². The minimum Gasteiger partial charge on any atom is -0.461 e. The van der Waals surface area contributed by atoms with Crippen LogP contribution >= 0.6 is 0 Å². The van der Waals surface area contributed by atoms with Gasteiger partial charge in [0, 0.05) is 23.6 Å². The summed E-state index contributed by atoms with van der Waals surface area (Å²) in [5.74, 6) is -0.668. The number of nitrogens with one attached hydrogen (secondary N) is 1. The molecule has 1 amide bonds. The third kappa shape index (κ3) is 4.53. The Balaban J connectivity index is 1.42. The van der Waals surface area contributed by atoms with Crippen molar-refractivity contribution >= 4 is 17.6 Å².